The van der Waals surface area contributed by atoms with Crippen LogP contribution in [0, 0.1) is 5.92 Å². The largest absolute Gasteiger partial charge is 0.350 e. The Hall–Kier alpha value is -1.52. The second kappa shape index (κ2) is 5.70. The van der Waals surface area contributed by atoms with Crippen LogP contribution in [0.2, 0.25) is 5.02 Å². The first-order valence-electron chi connectivity index (χ1n) is 7.27. The van der Waals surface area contributed by atoms with Crippen LogP contribution in [0.5, 0.6) is 0 Å². The summed E-state index contributed by atoms with van der Waals surface area (Å²) in [5, 5.41) is 4.66. The minimum atomic E-state index is -0.0284. The molecule has 0 radical (unpaired) electrons. The van der Waals surface area contributed by atoms with E-state index in [9.17, 15) is 4.79 Å². The molecular formula is C16H20ClN3O. The predicted octanol–water partition coefficient (Wildman–Crippen LogP) is 2.51. The SMILES string of the molecule is CN1CC[C@H](CNC(=O)c2cc3c(Cl)cccc3n2C)C1. The van der Waals surface area contributed by atoms with Gasteiger partial charge in [0.25, 0.3) is 5.91 Å². The molecule has 112 valence electrons. The summed E-state index contributed by atoms with van der Waals surface area (Å²) in [5.74, 6) is 0.525. The number of nitrogens with one attached hydrogen (secondary N) is 1. The Kier molecular flexibility index (Phi) is 3.91. The van der Waals surface area contributed by atoms with Gasteiger partial charge in [0.05, 0.1) is 0 Å². The Morgan fingerprint density at radius 3 is 2.90 bits per heavy atom. The summed E-state index contributed by atoms with van der Waals surface area (Å²) >= 11 is 6.19. The van der Waals surface area contributed by atoms with Crippen molar-refractivity contribution >= 4 is 28.4 Å². The second-order valence-corrected chi connectivity index (χ2v) is 6.30. The van der Waals surface area contributed by atoms with Gasteiger partial charge in [-0.15, -0.1) is 0 Å². The maximum absolute atomic E-state index is 12.4. The molecule has 0 aliphatic carbocycles. The number of halogens is 1. The van der Waals surface area contributed by atoms with Crippen molar-refractivity contribution in [2.75, 3.05) is 26.7 Å². The van der Waals surface area contributed by atoms with E-state index in [0.717, 1.165) is 37.0 Å². The number of rotatable bonds is 3. The fraction of sp³-hybridized carbons (Fsp3) is 0.438. The number of nitrogens with zero attached hydrogens (tertiary/aromatic N) is 2. The summed E-state index contributed by atoms with van der Waals surface area (Å²) in [6, 6.07) is 7.60. The normalized spacial score (nSPS) is 19.3. The minimum Gasteiger partial charge on any atom is -0.350 e. The number of likely N-dealkylation sites (tertiary alicyclic amines) is 1. The highest BCUT2D eigenvalue weighted by atomic mass is 35.5. The number of carbonyl (C=O) groups excluding carboxylic acids is 1. The van der Waals surface area contributed by atoms with E-state index < -0.39 is 0 Å². The molecule has 1 atom stereocenters. The smallest absolute Gasteiger partial charge is 0.267 e. The van der Waals surface area contributed by atoms with E-state index in [1.807, 2.05) is 35.9 Å². The van der Waals surface area contributed by atoms with Crippen LogP contribution in [0.4, 0.5) is 0 Å². The predicted molar refractivity (Wildman–Crippen MR) is 85.9 cm³/mol. The topological polar surface area (TPSA) is 37.3 Å². The molecule has 0 bridgehead atoms. The van der Waals surface area contributed by atoms with Crippen LogP contribution in [0.15, 0.2) is 24.3 Å². The first-order chi connectivity index (χ1) is 10.1. The summed E-state index contributed by atoms with van der Waals surface area (Å²) in [7, 11) is 4.02. The lowest BCUT2D eigenvalue weighted by Gasteiger charge is -2.12. The zero-order valence-electron chi connectivity index (χ0n) is 12.4. The molecule has 0 spiro atoms. The van der Waals surface area contributed by atoms with Gasteiger partial charge in [-0.3, -0.25) is 4.79 Å². The second-order valence-electron chi connectivity index (χ2n) is 5.89. The molecule has 0 unspecified atom stereocenters. The number of fused-ring (bicyclic) bond motifs is 1. The summed E-state index contributed by atoms with van der Waals surface area (Å²) in [6.07, 6.45) is 1.15. The summed E-state index contributed by atoms with van der Waals surface area (Å²) in [6.45, 7) is 2.91. The first-order valence-corrected chi connectivity index (χ1v) is 7.64. The number of aryl methyl sites for hydroxylation is 1. The van der Waals surface area contributed by atoms with E-state index in [0.29, 0.717) is 16.6 Å². The Balaban J connectivity index is 1.75. The number of hydrogen-bond donors (Lipinski definition) is 1. The number of benzene rings is 1. The average molecular weight is 306 g/mol. The van der Waals surface area contributed by atoms with Crippen LogP contribution in [-0.4, -0.2) is 42.1 Å². The fourth-order valence-corrected chi connectivity index (χ4v) is 3.29. The van der Waals surface area contributed by atoms with Crippen LogP contribution >= 0.6 is 11.6 Å². The van der Waals surface area contributed by atoms with Gasteiger partial charge in [-0.2, -0.15) is 0 Å². The van der Waals surface area contributed by atoms with Crippen molar-refractivity contribution < 1.29 is 4.79 Å². The lowest BCUT2D eigenvalue weighted by Crippen LogP contribution is -2.31. The van der Waals surface area contributed by atoms with E-state index >= 15 is 0 Å². The van der Waals surface area contributed by atoms with Gasteiger partial charge >= 0.3 is 0 Å². The lowest BCUT2D eigenvalue weighted by atomic mass is 10.1. The number of hydrogen-bond acceptors (Lipinski definition) is 2. The average Bonchev–Trinajstić information content (AvgIpc) is 3.02. The van der Waals surface area contributed by atoms with Crippen LogP contribution in [0.25, 0.3) is 10.9 Å². The standard InChI is InChI=1S/C16H20ClN3O/c1-19-7-6-11(10-19)9-18-16(21)15-8-12-13(17)4-3-5-14(12)20(15)2/h3-5,8,11H,6-7,9-10H2,1-2H3,(H,18,21)/t11-/m1/s1. The van der Waals surface area contributed by atoms with Gasteiger partial charge in [0, 0.05) is 36.1 Å². The van der Waals surface area contributed by atoms with Crippen LogP contribution in [-0.2, 0) is 7.05 Å². The third-order valence-electron chi connectivity index (χ3n) is 4.31. The first kappa shape index (κ1) is 14.4. The number of aromatic nitrogens is 1. The van der Waals surface area contributed by atoms with Crippen molar-refractivity contribution in [3.05, 3.63) is 35.0 Å². The molecule has 2 aromatic rings. The number of amides is 1. The monoisotopic (exact) mass is 305 g/mol. The molecule has 3 rings (SSSR count). The fourth-order valence-electron chi connectivity index (χ4n) is 3.06. The highest BCUT2D eigenvalue weighted by Gasteiger charge is 2.21. The maximum Gasteiger partial charge on any atom is 0.267 e. The zero-order valence-corrected chi connectivity index (χ0v) is 13.2. The van der Waals surface area contributed by atoms with Crippen LogP contribution in [0.3, 0.4) is 0 Å². The van der Waals surface area contributed by atoms with Gasteiger partial charge < -0.3 is 14.8 Å². The molecule has 1 aromatic heterocycles. The zero-order chi connectivity index (χ0) is 15.0. The van der Waals surface area contributed by atoms with Crippen LogP contribution < -0.4 is 5.32 Å². The quantitative estimate of drug-likeness (QED) is 0.946. The molecule has 1 saturated heterocycles. The van der Waals surface area contributed by atoms with Crippen molar-refractivity contribution in [3.63, 3.8) is 0 Å². The molecule has 1 N–H and O–H groups in total. The Bertz CT molecular complexity index is 679. The van der Waals surface area contributed by atoms with Gasteiger partial charge in [0.2, 0.25) is 0 Å². The van der Waals surface area contributed by atoms with Crippen LogP contribution in [0.1, 0.15) is 16.9 Å². The van der Waals surface area contributed by atoms with Crippen molar-refractivity contribution in [1.82, 2.24) is 14.8 Å². The van der Waals surface area contributed by atoms with Crippen molar-refractivity contribution in [2.24, 2.45) is 13.0 Å². The van der Waals surface area contributed by atoms with E-state index in [4.69, 9.17) is 11.6 Å². The van der Waals surface area contributed by atoms with Gasteiger partial charge in [-0.25, -0.2) is 0 Å². The Labute approximate surface area is 129 Å². The van der Waals surface area contributed by atoms with E-state index in [-0.39, 0.29) is 5.91 Å². The van der Waals surface area contributed by atoms with E-state index in [2.05, 4.69) is 17.3 Å². The van der Waals surface area contributed by atoms with Gasteiger partial charge in [-0.1, -0.05) is 17.7 Å². The Morgan fingerprint density at radius 2 is 2.24 bits per heavy atom. The number of carbonyl (C=O) groups is 1. The molecule has 0 saturated carbocycles. The highest BCUT2D eigenvalue weighted by molar-refractivity contribution is 6.35. The molecule has 1 amide bonds. The highest BCUT2D eigenvalue weighted by Crippen LogP contribution is 2.26. The molecule has 1 aliphatic rings. The van der Waals surface area contributed by atoms with Gasteiger partial charge in [0.1, 0.15) is 5.69 Å². The molecule has 1 fully saturated rings. The van der Waals surface area contributed by atoms with Gasteiger partial charge in [0.15, 0.2) is 0 Å². The summed E-state index contributed by atoms with van der Waals surface area (Å²) in [5.41, 5.74) is 1.64. The molecular weight excluding hydrogens is 286 g/mol. The summed E-state index contributed by atoms with van der Waals surface area (Å²) in [4.78, 5) is 14.7. The molecule has 1 aliphatic heterocycles. The van der Waals surface area contributed by atoms with Gasteiger partial charge in [-0.05, 0) is 44.1 Å². The molecule has 2 heterocycles. The van der Waals surface area contributed by atoms with E-state index in [1.54, 1.807) is 0 Å². The molecule has 21 heavy (non-hydrogen) atoms. The lowest BCUT2D eigenvalue weighted by molar-refractivity contribution is 0.0940. The van der Waals surface area contributed by atoms with Crippen molar-refractivity contribution in [2.45, 2.75) is 6.42 Å². The molecule has 1 aromatic carbocycles. The summed E-state index contributed by atoms with van der Waals surface area (Å²) < 4.78 is 1.90. The van der Waals surface area contributed by atoms with E-state index in [1.165, 1.54) is 0 Å². The third-order valence-corrected chi connectivity index (χ3v) is 4.64. The third kappa shape index (κ3) is 2.78. The molecule has 5 heteroatoms. The Morgan fingerprint density at radius 1 is 1.43 bits per heavy atom. The maximum atomic E-state index is 12.4. The van der Waals surface area contributed by atoms with Crippen molar-refractivity contribution in [3.8, 4) is 0 Å². The van der Waals surface area contributed by atoms with Crippen molar-refractivity contribution in [1.29, 1.82) is 0 Å². The minimum absolute atomic E-state index is 0.0284. The molecule has 4 nitrogen and oxygen atoms in total.